The van der Waals surface area contributed by atoms with Crippen molar-refractivity contribution in [2.75, 3.05) is 11.9 Å². The number of benzene rings is 1. The zero-order chi connectivity index (χ0) is 10.4. The lowest BCUT2D eigenvalue weighted by atomic mass is 10.1. The van der Waals surface area contributed by atoms with E-state index in [1.54, 1.807) is 19.9 Å². The van der Waals surface area contributed by atoms with Crippen LogP contribution in [0.1, 0.15) is 13.8 Å². The summed E-state index contributed by atoms with van der Waals surface area (Å²) < 4.78 is 0. The van der Waals surface area contributed by atoms with E-state index in [0.29, 0.717) is 0 Å². The molecule has 0 atom stereocenters. The van der Waals surface area contributed by atoms with Crippen molar-refractivity contribution in [1.29, 1.82) is 0 Å². The van der Waals surface area contributed by atoms with Gasteiger partial charge >= 0.3 is 0 Å². The van der Waals surface area contributed by atoms with E-state index in [1.165, 1.54) is 0 Å². The summed E-state index contributed by atoms with van der Waals surface area (Å²) in [4.78, 5) is 0. The van der Waals surface area contributed by atoms with Crippen LogP contribution in [0.2, 0.25) is 0 Å². The molecular weight excluding hydrogens is 174 g/mol. The number of para-hydroxylation sites is 1. The zero-order valence-corrected chi connectivity index (χ0v) is 8.70. The van der Waals surface area contributed by atoms with Gasteiger partial charge in [0.2, 0.25) is 0 Å². The molecule has 76 valence electrons. The van der Waals surface area contributed by atoms with Gasteiger partial charge in [0.1, 0.15) is 0 Å². The highest BCUT2D eigenvalue weighted by Crippen LogP contribution is 2.05. The van der Waals surface area contributed by atoms with Gasteiger partial charge in [-0.05, 0) is 26.0 Å². The Bertz CT molecular complexity index is 285. The minimum absolute atomic E-state index is 0.724. The Balaban J connectivity index is 2.33. The van der Waals surface area contributed by atoms with Gasteiger partial charge in [-0.15, -0.1) is 0 Å². The minimum Gasteiger partial charge on any atom is -0.386 e. The summed E-state index contributed by atoms with van der Waals surface area (Å²) in [5.74, 6) is 0. The lowest BCUT2D eigenvalue weighted by molar-refractivity contribution is 0.133. The number of hydrogen-bond donors (Lipinski definition) is 2. The molecule has 0 aliphatic heterocycles. The maximum atomic E-state index is 9.40. The molecule has 0 aliphatic rings. The fourth-order valence-corrected chi connectivity index (χ4v) is 1.08. The van der Waals surface area contributed by atoms with Gasteiger partial charge < -0.3 is 10.4 Å². The first kappa shape index (κ1) is 10.8. The Morgan fingerprint density at radius 2 is 1.93 bits per heavy atom. The Morgan fingerprint density at radius 1 is 1.29 bits per heavy atom. The van der Waals surface area contributed by atoms with E-state index in [-0.39, 0.29) is 0 Å². The second kappa shape index (κ2) is 4.82. The molecule has 0 radical (unpaired) electrons. The smallest absolute Gasteiger partial charge is 0.0772 e. The second-order valence-electron chi connectivity index (χ2n) is 3.80. The van der Waals surface area contributed by atoms with Crippen molar-refractivity contribution in [2.45, 2.75) is 19.4 Å². The molecule has 1 rings (SSSR count). The number of rotatable bonds is 4. The van der Waals surface area contributed by atoms with E-state index >= 15 is 0 Å². The molecule has 0 aliphatic carbocycles. The maximum absolute atomic E-state index is 9.40. The molecule has 0 fully saturated rings. The van der Waals surface area contributed by atoms with Crippen molar-refractivity contribution >= 4 is 5.69 Å². The van der Waals surface area contributed by atoms with Gasteiger partial charge in [0.25, 0.3) is 0 Å². The van der Waals surface area contributed by atoms with Crippen molar-refractivity contribution in [2.24, 2.45) is 0 Å². The Labute approximate surface area is 85.3 Å². The van der Waals surface area contributed by atoms with E-state index in [1.807, 2.05) is 36.4 Å². The highest BCUT2D eigenvalue weighted by atomic mass is 16.3. The summed E-state index contributed by atoms with van der Waals surface area (Å²) in [6.07, 6.45) is 3.70. The molecule has 0 unspecified atom stereocenters. The Kier molecular flexibility index (Phi) is 3.72. The van der Waals surface area contributed by atoms with Gasteiger partial charge in [-0.2, -0.15) is 0 Å². The van der Waals surface area contributed by atoms with E-state index in [4.69, 9.17) is 0 Å². The molecule has 0 bridgehead atoms. The molecule has 2 nitrogen and oxygen atoms in total. The number of hydrogen-bond acceptors (Lipinski definition) is 2. The first-order valence-corrected chi connectivity index (χ1v) is 4.77. The lowest BCUT2D eigenvalue weighted by Gasteiger charge is -2.10. The molecule has 0 saturated carbocycles. The van der Waals surface area contributed by atoms with Crippen LogP contribution in [0.5, 0.6) is 0 Å². The third-order valence-electron chi connectivity index (χ3n) is 1.72. The van der Waals surface area contributed by atoms with Gasteiger partial charge in [0.15, 0.2) is 0 Å². The first-order valence-electron chi connectivity index (χ1n) is 4.77. The van der Waals surface area contributed by atoms with E-state index < -0.39 is 5.60 Å². The van der Waals surface area contributed by atoms with Crippen molar-refractivity contribution in [3.8, 4) is 0 Å². The summed E-state index contributed by atoms with van der Waals surface area (Å²) in [6.45, 7) is 4.24. The van der Waals surface area contributed by atoms with Gasteiger partial charge in [0, 0.05) is 12.2 Å². The van der Waals surface area contributed by atoms with Crippen molar-refractivity contribution in [3.05, 3.63) is 42.5 Å². The summed E-state index contributed by atoms with van der Waals surface area (Å²) in [6, 6.07) is 9.98. The second-order valence-corrected chi connectivity index (χ2v) is 3.80. The average Bonchev–Trinajstić information content (AvgIpc) is 2.13. The van der Waals surface area contributed by atoms with Gasteiger partial charge in [-0.3, -0.25) is 0 Å². The molecular formula is C12H17NO. The van der Waals surface area contributed by atoms with Crippen molar-refractivity contribution in [1.82, 2.24) is 0 Å². The van der Waals surface area contributed by atoms with Crippen molar-refractivity contribution < 1.29 is 5.11 Å². The SMILES string of the molecule is CC(C)(O)/C=C/CNc1ccccc1. The number of nitrogens with one attached hydrogen (secondary N) is 1. The fraction of sp³-hybridized carbons (Fsp3) is 0.333. The van der Waals surface area contributed by atoms with E-state index in [2.05, 4.69) is 5.32 Å². The minimum atomic E-state index is -0.724. The molecule has 0 saturated heterocycles. The molecule has 0 spiro atoms. The summed E-state index contributed by atoms with van der Waals surface area (Å²) in [5, 5.41) is 12.6. The molecule has 14 heavy (non-hydrogen) atoms. The molecule has 1 aromatic rings. The van der Waals surface area contributed by atoms with Crippen LogP contribution in [0.3, 0.4) is 0 Å². The van der Waals surface area contributed by atoms with Crippen LogP contribution in [-0.4, -0.2) is 17.3 Å². The van der Waals surface area contributed by atoms with Crippen LogP contribution in [0.25, 0.3) is 0 Å². The van der Waals surface area contributed by atoms with Gasteiger partial charge in [-0.1, -0.05) is 30.4 Å². The van der Waals surface area contributed by atoms with E-state index in [0.717, 1.165) is 12.2 Å². The molecule has 0 amide bonds. The number of aliphatic hydroxyl groups is 1. The van der Waals surface area contributed by atoms with Crippen molar-refractivity contribution in [3.63, 3.8) is 0 Å². The molecule has 2 heteroatoms. The predicted octanol–water partition coefficient (Wildman–Crippen LogP) is 2.43. The normalized spacial score (nSPS) is 11.9. The fourth-order valence-electron chi connectivity index (χ4n) is 1.08. The van der Waals surface area contributed by atoms with Crippen LogP contribution >= 0.6 is 0 Å². The van der Waals surface area contributed by atoms with Crippen LogP contribution in [0.15, 0.2) is 42.5 Å². The molecule has 2 N–H and O–H groups in total. The topological polar surface area (TPSA) is 32.3 Å². The van der Waals surface area contributed by atoms with Gasteiger partial charge in [0.05, 0.1) is 5.60 Å². The summed E-state index contributed by atoms with van der Waals surface area (Å²) >= 11 is 0. The van der Waals surface area contributed by atoms with Crippen LogP contribution in [0.4, 0.5) is 5.69 Å². The van der Waals surface area contributed by atoms with E-state index in [9.17, 15) is 5.11 Å². The van der Waals surface area contributed by atoms with Crippen LogP contribution in [-0.2, 0) is 0 Å². The number of anilines is 1. The molecule has 1 aromatic carbocycles. The monoisotopic (exact) mass is 191 g/mol. The first-order chi connectivity index (χ1) is 6.58. The van der Waals surface area contributed by atoms with Crippen LogP contribution < -0.4 is 5.32 Å². The summed E-state index contributed by atoms with van der Waals surface area (Å²) in [7, 11) is 0. The summed E-state index contributed by atoms with van der Waals surface area (Å²) in [5.41, 5.74) is 0.367. The largest absolute Gasteiger partial charge is 0.386 e. The standard InChI is InChI=1S/C12H17NO/c1-12(2,14)9-6-10-13-11-7-4-3-5-8-11/h3-9,13-14H,10H2,1-2H3/b9-6+. The van der Waals surface area contributed by atoms with Crippen LogP contribution in [0, 0.1) is 0 Å². The molecule has 0 heterocycles. The highest BCUT2D eigenvalue weighted by molar-refractivity contribution is 5.42. The van der Waals surface area contributed by atoms with Gasteiger partial charge in [-0.25, -0.2) is 0 Å². The predicted molar refractivity (Wildman–Crippen MR) is 60.4 cm³/mol. The lowest BCUT2D eigenvalue weighted by Crippen LogP contribution is -2.14. The maximum Gasteiger partial charge on any atom is 0.0772 e. The average molecular weight is 191 g/mol. The molecule has 0 aromatic heterocycles. The quantitative estimate of drug-likeness (QED) is 0.716. The third kappa shape index (κ3) is 4.67. The Hall–Kier alpha value is -1.28. The zero-order valence-electron chi connectivity index (χ0n) is 8.70. The highest BCUT2D eigenvalue weighted by Gasteiger charge is 2.04. The third-order valence-corrected chi connectivity index (χ3v) is 1.72. The Morgan fingerprint density at radius 3 is 2.50 bits per heavy atom.